The summed E-state index contributed by atoms with van der Waals surface area (Å²) in [6.07, 6.45) is 3.48. The third-order valence-electron chi connectivity index (χ3n) is 4.71. The third kappa shape index (κ3) is 3.66. The highest BCUT2D eigenvalue weighted by Gasteiger charge is 2.16. The SMILES string of the molecule is CSc1nnnn1-c1cccc(NC(=O)c2cc(-c3ccco3)nc3ccccc23)c1. The van der Waals surface area contributed by atoms with Crippen molar-refractivity contribution >= 4 is 34.3 Å². The topological polar surface area (TPSA) is 98.7 Å². The number of para-hydroxylation sites is 1. The van der Waals surface area contributed by atoms with Crippen molar-refractivity contribution < 1.29 is 9.21 Å². The van der Waals surface area contributed by atoms with Gasteiger partial charge in [-0.15, -0.1) is 5.10 Å². The van der Waals surface area contributed by atoms with Crippen molar-refractivity contribution in [3.05, 3.63) is 78.6 Å². The molecule has 0 aliphatic heterocycles. The molecule has 0 radical (unpaired) electrons. The number of nitrogens with one attached hydrogen (secondary N) is 1. The second kappa shape index (κ2) is 8.04. The van der Waals surface area contributed by atoms with Crippen molar-refractivity contribution in [3.8, 4) is 17.1 Å². The van der Waals surface area contributed by atoms with Crippen LogP contribution in [0.1, 0.15) is 10.4 Å². The molecule has 152 valence electrons. The number of fused-ring (bicyclic) bond motifs is 1. The molecule has 2 aromatic carbocycles. The summed E-state index contributed by atoms with van der Waals surface area (Å²) < 4.78 is 7.10. The Kier molecular flexibility index (Phi) is 4.93. The number of hydrogen-bond acceptors (Lipinski definition) is 7. The number of nitrogens with zero attached hydrogens (tertiary/aromatic N) is 5. The van der Waals surface area contributed by atoms with Gasteiger partial charge in [-0.05, 0) is 59.1 Å². The molecular weight excluding hydrogens is 412 g/mol. The molecule has 0 aliphatic rings. The molecule has 31 heavy (non-hydrogen) atoms. The van der Waals surface area contributed by atoms with Gasteiger partial charge in [-0.1, -0.05) is 36.0 Å². The molecule has 5 rings (SSSR count). The molecule has 0 bridgehead atoms. The maximum absolute atomic E-state index is 13.3. The minimum absolute atomic E-state index is 0.245. The van der Waals surface area contributed by atoms with Crippen LogP contribution in [0.4, 0.5) is 5.69 Å². The van der Waals surface area contributed by atoms with Crippen LogP contribution in [-0.2, 0) is 0 Å². The first kappa shape index (κ1) is 19.0. The summed E-state index contributed by atoms with van der Waals surface area (Å²) in [7, 11) is 0. The van der Waals surface area contributed by atoms with Crippen LogP contribution in [-0.4, -0.2) is 37.4 Å². The lowest BCUT2D eigenvalue weighted by Crippen LogP contribution is -2.13. The molecule has 1 N–H and O–H groups in total. The number of hydrogen-bond donors (Lipinski definition) is 1. The summed E-state index contributed by atoms with van der Waals surface area (Å²) in [6, 6.07) is 20.2. The Balaban J connectivity index is 1.52. The van der Waals surface area contributed by atoms with E-state index in [4.69, 9.17) is 4.42 Å². The van der Waals surface area contributed by atoms with Crippen LogP contribution in [0.5, 0.6) is 0 Å². The Morgan fingerprint density at radius 2 is 1.97 bits per heavy atom. The highest BCUT2D eigenvalue weighted by atomic mass is 32.2. The van der Waals surface area contributed by atoms with Crippen LogP contribution in [0.25, 0.3) is 28.0 Å². The van der Waals surface area contributed by atoms with E-state index in [1.54, 1.807) is 23.1 Å². The molecule has 3 aromatic heterocycles. The zero-order valence-electron chi connectivity index (χ0n) is 16.4. The number of carbonyl (C=O) groups excluding carboxylic acids is 1. The van der Waals surface area contributed by atoms with Crippen molar-refractivity contribution in [1.82, 2.24) is 25.2 Å². The maximum Gasteiger partial charge on any atom is 0.256 e. The number of benzene rings is 2. The first-order valence-corrected chi connectivity index (χ1v) is 10.6. The van der Waals surface area contributed by atoms with Gasteiger partial charge in [0.25, 0.3) is 5.91 Å². The van der Waals surface area contributed by atoms with Crippen LogP contribution in [0.3, 0.4) is 0 Å². The largest absolute Gasteiger partial charge is 0.463 e. The molecule has 1 amide bonds. The van der Waals surface area contributed by atoms with Crippen molar-refractivity contribution in [2.24, 2.45) is 0 Å². The van der Waals surface area contributed by atoms with Crippen LogP contribution in [0, 0.1) is 0 Å². The predicted octanol–water partition coefficient (Wildman–Crippen LogP) is 4.44. The van der Waals surface area contributed by atoms with E-state index >= 15 is 0 Å². The molecule has 0 fully saturated rings. The first-order valence-electron chi connectivity index (χ1n) is 9.41. The number of tetrazole rings is 1. The molecule has 8 nitrogen and oxygen atoms in total. The molecular formula is C22H16N6O2S. The predicted molar refractivity (Wildman–Crippen MR) is 118 cm³/mol. The molecule has 9 heteroatoms. The van der Waals surface area contributed by atoms with Gasteiger partial charge in [0.05, 0.1) is 23.0 Å². The fourth-order valence-corrected chi connectivity index (χ4v) is 3.73. The number of furan rings is 1. The maximum atomic E-state index is 13.3. The first-order chi connectivity index (χ1) is 15.2. The third-order valence-corrected chi connectivity index (χ3v) is 5.33. The highest BCUT2D eigenvalue weighted by molar-refractivity contribution is 7.98. The van der Waals surface area contributed by atoms with Crippen LogP contribution in [0.15, 0.2) is 82.6 Å². The normalized spacial score (nSPS) is 11.0. The van der Waals surface area contributed by atoms with Gasteiger partial charge < -0.3 is 9.73 Å². The van der Waals surface area contributed by atoms with E-state index in [2.05, 4.69) is 25.8 Å². The second-order valence-corrected chi connectivity index (χ2v) is 7.40. The fourth-order valence-electron chi connectivity index (χ4n) is 3.30. The van der Waals surface area contributed by atoms with Gasteiger partial charge in [-0.3, -0.25) is 4.79 Å². The Morgan fingerprint density at radius 1 is 1.06 bits per heavy atom. The number of aromatic nitrogens is 5. The summed E-state index contributed by atoms with van der Waals surface area (Å²) in [5, 5.41) is 16.1. The molecule has 0 spiro atoms. The molecule has 0 atom stereocenters. The zero-order valence-corrected chi connectivity index (χ0v) is 17.2. The van der Waals surface area contributed by atoms with E-state index in [-0.39, 0.29) is 5.91 Å². The number of anilines is 1. The number of thioether (sulfide) groups is 1. The van der Waals surface area contributed by atoms with Gasteiger partial charge in [0.15, 0.2) is 5.76 Å². The van der Waals surface area contributed by atoms with Crippen LogP contribution >= 0.6 is 11.8 Å². The van der Waals surface area contributed by atoms with Gasteiger partial charge in [0.2, 0.25) is 5.16 Å². The van der Waals surface area contributed by atoms with Crippen LogP contribution < -0.4 is 5.32 Å². The van der Waals surface area contributed by atoms with E-state index in [9.17, 15) is 4.79 Å². The molecule has 0 unspecified atom stereocenters. The molecule has 5 aromatic rings. The zero-order chi connectivity index (χ0) is 21.2. The minimum Gasteiger partial charge on any atom is -0.463 e. The van der Waals surface area contributed by atoms with Crippen LogP contribution in [0.2, 0.25) is 0 Å². The Hall–Kier alpha value is -3.98. The van der Waals surface area contributed by atoms with Crippen molar-refractivity contribution in [2.45, 2.75) is 5.16 Å². The number of pyridine rings is 1. The fraction of sp³-hybridized carbons (Fsp3) is 0.0455. The lowest BCUT2D eigenvalue weighted by molar-refractivity contribution is 0.102. The smallest absolute Gasteiger partial charge is 0.256 e. The molecule has 0 saturated carbocycles. The average molecular weight is 428 g/mol. The van der Waals surface area contributed by atoms with Gasteiger partial charge in [0.1, 0.15) is 5.69 Å². The lowest BCUT2D eigenvalue weighted by atomic mass is 10.1. The van der Waals surface area contributed by atoms with E-state index in [0.717, 1.165) is 11.1 Å². The summed E-state index contributed by atoms with van der Waals surface area (Å²) in [5.41, 5.74) is 3.21. The lowest BCUT2D eigenvalue weighted by Gasteiger charge is -2.11. The summed E-state index contributed by atoms with van der Waals surface area (Å²) >= 11 is 1.44. The number of carbonyl (C=O) groups is 1. The quantitative estimate of drug-likeness (QED) is 0.413. The monoisotopic (exact) mass is 428 g/mol. The summed E-state index contributed by atoms with van der Waals surface area (Å²) in [4.78, 5) is 17.9. The van der Waals surface area contributed by atoms with Crippen molar-refractivity contribution in [2.75, 3.05) is 11.6 Å². The summed E-state index contributed by atoms with van der Waals surface area (Å²) in [5.74, 6) is 0.357. The average Bonchev–Trinajstić information content (AvgIpc) is 3.50. The Morgan fingerprint density at radius 3 is 2.81 bits per heavy atom. The number of amides is 1. The van der Waals surface area contributed by atoms with E-state index in [0.29, 0.717) is 33.4 Å². The summed E-state index contributed by atoms with van der Waals surface area (Å²) in [6.45, 7) is 0. The van der Waals surface area contributed by atoms with E-state index < -0.39 is 0 Å². The highest BCUT2D eigenvalue weighted by Crippen LogP contribution is 2.26. The molecule has 0 saturated heterocycles. The minimum atomic E-state index is -0.245. The van der Waals surface area contributed by atoms with Gasteiger partial charge in [-0.25, -0.2) is 4.98 Å². The Labute approximate surface area is 181 Å². The van der Waals surface area contributed by atoms with E-state index in [1.165, 1.54) is 11.8 Å². The van der Waals surface area contributed by atoms with Gasteiger partial charge in [0, 0.05) is 11.1 Å². The second-order valence-electron chi connectivity index (χ2n) is 6.63. The molecule has 0 aliphatic carbocycles. The molecule has 3 heterocycles. The standard InChI is InChI=1S/C22H16N6O2S/c1-31-22-25-26-27-28(22)15-7-4-6-14(12-15)23-21(29)17-13-19(20-10-5-11-30-20)24-18-9-3-2-8-16(17)18/h2-13H,1H3,(H,23,29). The van der Waals surface area contributed by atoms with Crippen molar-refractivity contribution in [3.63, 3.8) is 0 Å². The van der Waals surface area contributed by atoms with Gasteiger partial charge >= 0.3 is 0 Å². The number of rotatable bonds is 5. The Bertz CT molecular complexity index is 1380. The van der Waals surface area contributed by atoms with E-state index in [1.807, 2.05) is 60.9 Å². The van der Waals surface area contributed by atoms with Crippen molar-refractivity contribution in [1.29, 1.82) is 0 Å². The van der Waals surface area contributed by atoms with Gasteiger partial charge in [-0.2, -0.15) is 4.68 Å².